The molecule has 0 saturated carbocycles. The van der Waals surface area contributed by atoms with Crippen molar-refractivity contribution in [3.8, 4) is 0 Å². The van der Waals surface area contributed by atoms with Gasteiger partial charge in [-0.1, -0.05) is 0 Å². The number of amides is 1. The van der Waals surface area contributed by atoms with E-state index in [4.69, 9.17) is 10.8 Å². The summed E-state index contributed by atoms with van der Waals surface area (Å²) in [6, 6.07) is 0.0626. The second-order valence-electron chi connectivity index (χ2n) is 3.81. The number of carbonyl (C=O) groups excluding carboxylic acids is 1. The fourth-order valence-electron chi connectivity index (χ4n) is 1.40. The van der Waals surface area contributed by atoms with Crippen molar-refractivity contribution < 1.29 is 9.90 Å². The van der Waals surface area contributed by atoms with Gasteiger partial charge in [-0.2, -0.15) is 5.10 Å². The fourth-order valence-corrected chi connectivity index (χ4v) is 1.40. The van der Waals surface area contributed by atoms with E-state index in [1.807, 2.05) is 6.92 Å². The predicted octanol–water partition coefficient (Wildman–Crippen LogP) is -0.257. The number of aromatic nitrogens is 2. The molecule has 1 heterocycles. The van der Waals surface area contributed by atoms with Gasteiger partial charge in [-0.3, -0.25) is 9.48 Å². The number of nitrogens with two attached hydrogens (primary N) is 1. The van der Waals surface area contributed by atoms with Crippen LogP contribution in [-0.2, 0) is 11.3 Å². The van der Waals surface area contributed by atoms with Crippen LogP contribution in [0, 0.1) is 0 Å². The van der Waals surface area contributed by atoms with E-state index in [0.29, 0.717) is 12.1 Å². The molecule has 1 aromatic rings. The number of anilines is 1. The van der Waals surface area contributed by atoms with Crippen LogP contribution in [0.1, 0.15) is 19.8 Å². The van der Waals surface area contributed by atoms with Crippen LogP contribution in [0.3, 0.4) is 0 Å². The molecule has 0 aliphatic rings. The predicted molar refractivity (Wildman–Crippen MR) is 60.6 cm³/mol. The molecule has 1 unspecified atom stereocenters. The number of nitrogens with zero attached hydrogens (tertiary/aromatic N) is 2. The molecule has 16 heavy (non-hydrogen) atoms. The summed E-state index contributed by atoms with van der Waals surface area (Å²) in [5, 5.41) is 15.4. The largest absolute Gasteiger partial charge is 0.396 e. The molecule has 1 amide bonds. The molecular formula is C10H18N4O2. The number of aliphatic hydroxyl groups is 1. The zero-order valence-electron chi connectivity index (χ0n) is 9.39. The highest BCUT2D eigenvalue weighted by Crippen LogP contribution is 1.98. The zero-order chi connectivity index (χ0) is 12.0. The third-order valence-electron chi connectivity index (χ3n) is 2.16. The van der Waals surface area contributed by atoms with Crippen molar-refractivity contribution in [1.82, 2.24) is 15.1 Å². The first-order valence-corrected chi connectivity index (χ1v) is 5.30. The van der Waals surface area contributed by atoms with Crippen molar-refractivity contribution >= 4 is 11.6 Å². The summed E-state index contributed by atoms with van der Waals surface area (Å²) in [6.07, 6.45) is 4.57. The van der Waals surface area contributed by atoms with Crippen molar-refractivity contribution in [2.24, 2.45) is 0 Å². The first-order chi connectivity index (χ1) is 7.61. The van der Waals surface area contributed by atoms with Crippen molar-refractivity contribution in [3.05, 3.63) is 12.4 Å². The molecule has 1 rings (SSSR count). The van der Waals surface area contributed by atoms with Gasteiger partial charge in [0, 0.05) is 18.8 Å². The molecule has 90 valence electrons. The number of hydrogen-bond acceptors (Lipinski definition) is 4. The maximum Gasteiger partial charge on any atom is 0.241 e. The zero-order valence-corrected chi connectivity index (χ0v) is 9.39. The Bertz CT molecular complexity index is 337. The molecular weight excluding hydrogens is 208 g/mol. The molecule has 0 radical (unpaired) electrons. The van der Waals surface area contributed by atoms with Crippen LogP contribution in [0.4, 0.5) is 5.69 Å². The van der Waals surface area contributed by atoms with Crippen LogP contribution in [0.25, 0.3) is 0 Å². The lowest BCUT2D eigenvalue weighted by molar-refractivity contribution is -0.122. The summed E-state index contributed by atoms with van der Waals surface area (Å²) in [6.45, 7) is 2.22. The Kier molecular flexibility index (Phi) is 4.78. The molecule has 4 N–H and O–H groups in total. The lowest BCUT2D eigenvalue weighted by atomic mass is 10.2. The number of nitrogen functional groups attached to an aromatic ring is 1. The molecule has 6 heteroatoms. The summed E-state index contributed by atoms with van der Waals surface area (Å²) >= 11 is 0. The molecule has 0 aliphatic heterocycles. The summed E-state index contributed by atoms with van der Waals surface area (Å²) < 4.78 is 1.49. The molecule has 1 aromatic heterocycles. The average Bonchev–Trinajstić information content (AvgIpc) is 2.60. The summed E-state index contributed by atoms with van der Waals surface area (Å²) in [4.78, 5) is 11.5. The van der Waals surface area contributed by atoms with Gasteiger partial charge in [0.1, 0.15) is 6.54 Å². The van der Waals surface area contributed by atoms with Gasteiger partial charge in [-0.05, 0) is 19.8 Å². The molecule has 0 fully saturated rings. The minimum atomic E-state index is -0.103. The number of carbonyl (C=O) groups is 1. The van der Waals surface area contributed by atoms with E-state index in [1.165, 1.54) is 10.9 Å². The number of aliphatic hydroxyl groups excluding tert-OH is 1. The maximum absolute atomic E-state index is 11.5. The van der Waals surface area contributed by atoms with Crippen LogP contribution in [0.2, 0.25) is 0 Å². The van der Waals surface area contributed by atoms with E-state index in [2.05, 4.69) is 10.4 Å². The van der Waals surface area contributed by atoms with E-state index < -0.39 is 0 Å². The Balaban J connectivity index is 2.30. The van der Waals surface area contributed by atoms with Gasteiger partial charge in [0.15, 0.2) is 0 Å². The molecule has 0 bridgehead atoms. The van der Waals surface area contributed by atoms with Crippen molar-refractivity contribution in [2.45, 2.75) is 32.4 Å². The highest BCUT2D eigenvalue weighted by atomic mass is 16.3. The fraction of sp³-hybridized carbons (Fsp3) is 0.600. The van der Waals surface area contributed by atoms with Gasteiger partial charge < -0.3 is 16.2 Å². The first-order valence-electron chi connectivity index (χ1n) is 5.30. The molecule has 0 spiro atoms. The quantitative estimate of drug-likeness (QED) is 0.623. The lowest BCUT2D eigenvalue weighted by Gasteiger charge is -2.12. The van der Waals surface area contributed by atoms with E-state index >= 15 is 0 Å². The van der Waals surface area contributed by atoms with Gasteiger partial charge in [0.25, 0.3) is 0 Å². The Morgan fingerprint density at radius 3 is 3.06 bits per heavy atom. The number of rotatable bonds is 6. The van der Waals surface area contributed by atoms with Crippen molar-refractivity contribution in [1.29, 1.82) is 0 Å². The van der Waals surface area contributed by atoms with Gasteiger partial charge in [0.05, 0.1) is 11.9 Å². The first kappa shape index (κ1) is 12.5. The third kappa shape index (κ3) is 4.31. The molecule has 1 atom stereocenters. The van der Waals surface area contributed by atoms with E-state index in [1.54, 1.807) is 6.20 Å². The SMILES string of the molecule is CC(CCCO)NC(=O)Cn1cc(N)cn1. The van der Waals surface area contributed by atoms with Crippen molar-refractivity contribution in [2.75, 3.05) is 12.3 Å². The van der Waals surface area contributed by atoms with Crippen LogP contribution >= 0.6 is 0 Å². The minimum absolute atomic E-state index is 0.0626. The number of hydrogen-bond donors (Lipinski definition) is 3. The van der Waals surface area contributed by atoms with Gasteiger partial charge in [0.2, 0.25) is 5.91 Å². The molecule has 0 saturated heterocycles. The Morgan fingerprint density at radius 2 is 2.50 bits per heavy atom. The van der Waals surface area contributed by atoms with Gasteiger partial charge in [-0.25, -0.2) is 0 Å². The highest BCUT2D eigenvalue weighted by molar-refractivity contribution is 5.75. The van der Waals surface area contributed by atoms with Gasteiger partial charge in [-0.15, -0.1) is 0 Å². The van der Waals surface area contributed by atoms with Gasteiger partial charge >= 0.3 is 0 Å². The topological polar surface area (TPSA) is 93.2 Å². The Hall–Kier alpha value is -1.56. The van der Waals surface area contributed by atoms with E-state index in [0.717, 1.165) is 6.42 Å². The maximum atomic E-state index is 11.5. The normalized spacial score (nSPS) is 12.4. The minimum Gasteiger partial charge on any atom is -0.396 e. The third-order valence-corrected chi connectivity index (χ3v) is 2.16. The number of nitrogens with one attached hydrogen (secondary N) is 1. The van der Waals surface area contributed by atoms with Crippen LogP contribution < -0.4 is 11.1 Å². The van der Waals surface area contributed by atoms with E-state index in [9.17, 15) is 4.79 Å². The summed E-state index contributed by atoms with van der Waals surface area (Å²) in [5.74, 6) is -0.103. The van der Waals surface area contributed by atoms with Crippen molar-refractivity contribution in [3.63, 3.8) is 0 Å². The highest BCUT2D eigenvalue weighted by Gasteiger charge is 2.08. The summed E-state index contributed by atoms with van der Waals surface area (Å²) in [7, 11) is 0. The van der Waals surface area contributed by atoms with Crippen LogP contribution in [0.5, 0.6) is 0 Å². The Labute approximate surface area is 94.4 Å². The molecule has 6 nitrogen and oxygen atoms in total. The molecule has 0 aliphatic carbocycles. The van der Waals surface area contributed by atoms with Crippen LogP contribution in [-0.4, -0.2) is 33.4 Å². The molecule has 0 aromatic carbocycles. The second-order valence-corrected chi connectivity index (χ2v) is 3.81. The monoisotopic (exact) mass is 226 g/mol. The summed E-state index contributed by atoms with van der Waals surface area (Å²) in [5.41, 5.74) is 6.02. The second kappa shape index (κ2) is 6.12. The standard InChI is InChI=1S/C10H18N4O2/c1-8(3-2-4-15)13-10(16)7-14-6-9(11)5-12-14/h5-6,8,15H,2-4,7,11H2,1H3,(H,13,16). The van der Waals surface area contributed by atoms with E-state index in [-0.39, 0.29) is 25.1 Å². The lowest BCUT2D eigenvalue weighted by Crippen LogP contribution is -2.35. The smallest absolute Gasteiger partial charge is 0.241 e. The Morgan fingerprint density at radius 1 is 1.75 bits per heavy atom. The van der Waals surface area contributed by atoms with Crippen LogP contribution in [0.15, 0.2) is 12.4 Å². The average molecular weight is 226 g/mol.